The summed E-state index contributed by atoms with van der Waals surface area (Å²) in [4.78, 5) is 0. The van der Waals surface area contributed by atoms with Crippen LogP contribution in [0, 0.1) is 5.92 Å². The fraction of sp³-hybridized carbons (Fsp3) is 1.00. The normalized spacial score (nSPS) is 21.6. The highest BCUT2D eigenvalue weighted by atomic mass is 19.3. The van der Waals surface area contributed by atoms with Crippen molar-refractivity contribution in [2.75, 3.05) is 13.2 Å². The number of halogens is 2. The Morgan fingerprint density at radius 2 is 1.93 bits per heavy atom. The summed E-state index contributed by atoms with van der Waals surface area (Å²) in [5.41, 5.74) is 0. The zero-order valence-corrected chi connectivity index (χ0v) is 9.31. The van der Waals surface area contributed by atoms with Crippen molar-refractivity contribution in [3.05, 3.63) is 0 Å². The molecule has 0 bridgehead atoms. The average molecular weight is 221 g/mol. The van der Waals surface area contributed by atoms with Crippen LogP contribution in [0.4, 0.5) is 8.78 Å². The highest BCUT2D eigenvalue weighted by Gasteiger charge is 2.29. The SMILES string of the molecule is CC(NCC(F)(F)CO)C1CCCCC1. The van der Waals surface area contributed by atoms with E-state index in [0.29, 0.717) is 5.92 Å². The van der Waals surface area contributed by atoms with Crippen LogP contribution in [0.15, 0.2) is 0 Å². The molecule has 1 atom stereocenters. The lowest BCUT2D eigenvalue weighted by Crippen LogP contribution is -2.43. The predicted octanol–water partition coefficient (Wildman–Crippen LogP) is 2.17. The van der Waals surface area contributed by atoms with Gasteiger partial charge in [-0.05, 0) is 25.7 Å². The molecular formula is C11H21F2NO. The van der Waals surface area contributed by atoms with Crippen molar-refractivity contribution in [2.24, 2.45) is 5.92 Å². The van der Waals surface area contributed by atoms with Crippen molar-refractivity contribution >= 4 is 0 Å². The minimum Gasteiger partial charge on any atom is -0.390 e. The Hall–Kier alpha value is -0.220. The van der Waals surface area contributed by atoms with Gasteiger partial charge in [0.2, 0.25) is 0 Å². The molecule has 4 heteroatoms. The van der Waals surface area contributed by atoms with E-state index < -0.39 is 19.1 Å². The smallest absolute Gasteiger partial charge is 0.282 e. The maximum absolute atomic E-state index is 12.8. The molecule has 2 nitrogen and oxygen atoms in total. The first-order valence-electron chi connectivity index (χ1n) is 5.77. The summed E-state index contributed by atoms with van der Waals surface area (Å²) in [5.74, 6) is -2.46. The molecule has 15 heavy (non-hydrogen) atoms. The first kappa shape index (κ1) is 12.8. The second-order valence-electron chi connectivity index (χ2n) is 4.58. The van der Waals surface area contributed by atoms with Gasteiger partial charge in [0.05, 0.1) is 6.54 Å². The van der Waals surface area contributed by atoms with Gasteiger partial charge in [-0.2, -0.15) is 0 Å². The summed E-state index contributed by atoms with van der Waals surface area (Å²) in [6.07, 6.45) is 5.98. The molecular weight excluding hydrogens is 200 g/mol. The largest absolute Gasteiger partial charge is 0.390 e. The third kappa shape index (κ3) is 4.43. The molecule has 1 aliphatic carbocycles. The zero-order valence-electron chi connectivity index (χ0n) is 9.31. The molecule has 1 fully saturated rings. The third-order valence-electron chi connectivity index (χ3n) is 3.27. The molecule has 0 saturated heterocycles. The number of aliphatic hydroxyl groups is 1. The molecule has 0 aromatic rings. The van der Waals surface area contributed by atoms with E-state index in [-0.39, 0.29) is 6.04 Å². The van der Waals surface area contributed by atoms with Gasteiger partial charge in [-0.15, -0.1) is 0 Å². The molecule has 0 amide bonds. The fourth-order valence-electron chi connectivity index (χ4n) is 2.17. The van der Waals surface area contributed by atoms with Crippen LogP contribution in [-0.2, 0) is 0 Å². The monoisotopic (exact) mass is 221 g/mol. The lowest BCUT2D eigenvalue weighted by atomic mass is 9.84. The summed E-state index contributed by atoms with van der Waals surface area (Å²) in [6, 6.07) is 0.128. The van der Waals surface area contributed by atoms with Gasteiger partial charge in [0.25, 0.3) is 5.92 Å². The Balaban J connectivity index is 2.25. The number of hydrogen-bond donors (Lipinski definition) is 2. The van der Waals surface area contributed by atoms with Crippen molar-refractivity contribution in [3.8, 4) is 0 Å². The van der Waals surface area contributed by atoms with Gasteiger partial charge >= 0.3 is 0 Å². The highest BCUT2D eigenvalue weighted by Crippen LogP contribution is 2.26. The Morgan fingerprint density at radius 1 is 1.33 bits per heavy atom. The van der Waals surface area contributed by atoms with E-state index in [1.807, 2.05) is 6.92 Å². The molecule has 0 spiro atoms. The lowest BCUT2D eigenvalue weighted by Gasteiger charge is -2.29. The first-order valence-corrected chi connectivity index (χ1v) is 5.77. The van der Waals surface area contributed by atoms with Crippen LogP contribution in [0.3, 0.4) is 0 Å². The quantitative estimate of drug-likeness (QED) is 0.745. The van der Waals surface area contributed by atoms with Crippen molar-refractivity contribution in [1.29, 1.82) is 0 Å². The molecule has 0 aliphatic heterocycles. The van der Waals surface area contributed by atoms with E-state index in [1.165, 1.54) is 19.3 Å². The minimum absolute atomic E-state index is 0.128. The van der Waals surface area contributed by atoms with Crippen LogP contribution >= 0.6 is 0 Å². The molecule has 1 aliphatic rings. The van der Waals surface area contributed by atoms with Gasteiger partial charge in [0.1, 0.15) is 6.61 Å². The molecule has 0 aromatic carbocycles. The summed E-state index contributed by atoms with van der Waals surface area (Å²) < 4.78 is 25.5. The number of nitrogens with one attached hydrogen (secondary N) is 1. The topological polar surface area (TPSA) is 32.3 Å². The molecule has 0 heterocycles. The highest BCUT2D eigenvalue weighted by molar-refractivity contribution is 4.78. The van der Waals surface area contributed by atoms with Crippen LogP contribution in [0.5, 0.6) is 0 Å². The lowest BCUT2D eigenvalue weighted by molar-refractivity contribution is -0.0503. The second-order valence-corrected chi connectivity index (χ2v) is 4.58. The van der Waals surface area contributed by atoms with E-state index >= 15 is 0 Å². The first-order chi connectivity index (χ1) is 7.05. The van der Waals surface area contributed by atoms with Gasteiger partial charge in [0.15, 0.2) is 0 Å². The average Bonchev–Trinajstić information content (AvgIpc) is 2.27. The van der Waals surface area contributed by atoms with Crippen molar-refractivity contribution in [2.45, 2.75) is 51.0 Å². The predicted molar refractivity (Wildman–Crippen MR) is 56.1 cm³/mol. The van der Waals surface area contributed by atoms with Crippen molar-refractivity contribution in [3.63, 3.8) is 0 Å². The van der Waals surface area contributed by atoms with Gasteiger partial charge in [-0.3, -0.25) is 0 Å². The summed E-state index contributed by atoms with van der Waals surface area (Å²) in [6.45, 7) is 0.474. The molecule has 1 unspecified atom stereocenters. The van der Waals surface area contributed by atoms with Gasteiger partial charge in [-0.25, -0.2) is 8.78 Å². The molecule has 0 radical (unpaired) electrons. The second kappa shape index (κ2) is 5.75. The Morgan fingerprint density at radius 3 is 2.47 bits per heavy atom. The number of rotatable bonds is 5. The molecule has 0 aromatic heterocycles. The summed E-state index contributed by atoms with van der Waals surface area (Å²) >= 11 is 0. The maximum atomic E-state index is 12.8. The van der Waals surface area contributed by atoms with E-state index in [4.69, 9.17) is 5.11 Å². The molecule has 2 N–H and O–H groups in total. The maximum Gasteiger partial charge on any atom is 0.282 e. The number of aliphatic hydroxyl groups excluding tert-OH is 1. The zero-order chi connectivity index (χ0) is 11.3. The van der Waals surface area contributed by atoms with E-state index in [2.05, 4.69) is 5.32 Å². The minimum atomic E-state index is -2.98. The van der Waals surface area contributed by atoms with Crippen LogP contribution < -0.4 is 5.32 Å². The van der Waals surface area contributed by atoms with E-state index in [9.17, 15) is 8.78 Å². The molecule has 90 valence electrons. The van der Waals surface area contributed by atoms with Crippen LogP contribution in [0.25, 0.3) is 0 Å². The van der Waals surface area contributed by atoms with Gasteiger partial charge in [-0.1, -0.05) is 19.3 Å². The standard InChI is InChI=1S/C11H21F2NO/c1-9(10-5-3-2-4-6-10)14-7-11(12,13)8-15/h9-10,14-15H,2-8H2,1H3. The van der Waals surface area contributed by atoms with Crippen LogP contribution in [-0.4, -0.2) is 30.2 Å². The number of hydrogen-bond acceptors (Lipinski definition) is 2. The fourth-order valence-corrected chi connectivity index (χ4v) is 2.17. The van der Waals surface area contributed by atoms with E-state index in [0.717, 1.165) is 12.8 Å². The Labute approximate surface area is 90.1 Å². The van der Waals surface area contributed by atoms with Crippen molar-refractivity contribution in [1.82, 2.24) is 5.32 Å². The van der Waals surface area contributed by atoms with Crippen molar-refractivity contribution < 1.29 is 13.9 Å². The molecule has 1 saturated carbocycles. The van der Waals surface area contributed by atoms with Crippen LogP contribution in [0.1, 0.15) is 39.0 Å². The summed E-state index contributed by atoms with van der Waals surface area (Å²) in [5, 5.41) is 11.3. The summed E-state index contributed by atoms with van der Waals surface area (Å²) in [7, 11) is 0. The third-order valence-corrected chi connectivity index (χ3v) is 3.27. The number of alkyl halides is 2. The Kier molecular flexibility index (Phi) is 4.93. The van der Waals surface area contributed by atoms with E-state index in [1.54, 1.807) is 0 Å². The van der Waals surface area contributed by atoms with Crippen LogP contribution in [0.2, 0.25) is 0 Å². The van der Waals surface area contributed by atoms with Gasteiger partial charge < -0.3 is 10.4 Å². The molecule has 1 rings (SSSR count). The van der Waals surface area contributed by atoms with Gasteiger partial charge in [0, 0.05) is 6.04 Å². The Bertz CT molecular complexity index is 181.